The van der Waals surface area contributed by atoms with Crippen LogP contribution in [0.3, 0.4) is 0 Å². The summed E-state index contributed by atoms with van der Waals surface area (Å²) in [6.45, 7) is 3.31. The van der Waals surface area contributed by atoms with Gasteiger partial charge in [0.05, 0.1) is 18.2 Å². The Bertz CT molecular complexity index is 669. The molecule has 21 heavy (non-hydrogen) atoms. The van der Waals surface area contributed by atoms with Gasteiger partial charge >= 0.3 is 0 Å². The van der Waals surface area contributed by atoms with Gasteiger partial charge in [-0.2, -0.15) is 0 Å². The summed E-state index contributed by atoms with van der Waals surface area (Å²) in [5.74, 6) is -0.0415. The first kappa shape index (κ1) is 14.0. The molecule has 0 saturated heterocycles. The highest BCUT2D eigenvalue weighted by molar-refractivity contribution is 7.14. The van der Waals surface area contributed by atoms with Gasteiger partial charge in [-0.25, -0.2) is 4.98 Å². The molecule has 1 amide bonds. The molecule has 2 aromatic rings. The number of amides is 1. The summed E-state index contributed by atoms with van der Waals surface area (Å²) in [7, 11) is 1.68. The summed E-state index contributed by atoms with van der Waals surface area (Å²) in [4.78, 5) is 16.3. The number of nitrogens with zero attached hydrogens (tertiary/aromatic N) is 1. The van der Waals surface area contributed by atoms with Gasteiger partial charge in [-0.05, 0) is 24.6 Å². The van der Waals surface area contributed by atoms with Crippen LogP contribution in [0.4, 0.5) is 10.8 Å². The highest BCUT2D eigenvalue weighted by Crippen LogP contribution is 2.36. The molecule has 0 aliphatic carbocycles. The molecule has 1 aliphatic rings. The standard InChI is InChI=1S/C15H17N3O2S/c1-9-11-7-10(3-4-12(11)17-14(9)19)13-8-21-15(18-13)16-5-6-20-2/h3-4,7-9H,5-6H2,1-2H3,(H,16,18)(H,17,19)/t9-/m1/s1. The Morgan fingerprint density at radius 2 is 2.33 bits per heavy atom. The summed E-state index contributed by atoms with van der Waals surface area (Å²) in [6.07, 6.45) is 0. The highest BCUT2D eigenvalue weighted by atomic mass is 32.1. The summed E-state index contributed by atoms with van der Waals surface area (Å²) in [6, 6.07) is 5.99. The molecule has 1 atom stereocenters. The zero-order valence-electron chi connectivity index (χ0n) is 12.0. The predicted octanol–water partition coefficient (Wildman–Crippen LogP) is 2.92. The minimum absolute atomic E-state index is 0.0577. The Morgan fingerprint density at radius 3 is 3.14 bits per heavy atom. The van der Waals surface area contributed by atoms with Crippen molar-refractivity contribution in [1.29, 1.82) is 0 Å². The first-order chi connectivity index (χ1) is 10.2. The minimum Gasteiger partial charge on any atom is -0.383 e. The lowest BCUT2D eigenvalue weighted by molar-refractivity contribution is -0.116. The third kappa shape index (κ3) is 2.77. The number of carbonyl (C=O) groups is 1. The van der Waals surface area contributed by atoms with Gasteiger partial charge in [0.1, 0.15) is 0 Å². The van der Waals surface area contributed by atoms with Crippen LogP contribution < -0.4 is 10.6 Å². The third-order valence-corrected chi connectivity index (χ3v) is 4.35. The molecule has 0 saturated carbocycles. The molecular weight excluding hydrogens is 286 g/mol. The highest BCUT2D eigenvalue weighted by Gasteiger charge is 2.26. The average molecular weight is 303 g/mol. The quantitative estimate of drug-likeness (QED) is 0.834. The molecule has 1 aliphatic heterocycles. The number of nitrogens with one attached hydrogen (secondary N) is 2. The molecule has 1 aromatic heterocycles. The number of anilines is 2. The number of fused-ring (bicyclic) bond motifs is 1. The Hall–Kier alpha value is -1.92. The number of rotatable bonds is 5. The second kappa shape index (κ2) is 5.83. The maximum Gasteiger partial charge on any atom is 0.231 e. The van der Waals surface area contributed by atoms with Crippen molar-refractivity contribution < 1.29 is 9.53 Å². The van der Waals surface area contributed by atoms with Gasteiger partial charge in [0.2, 0.25) is 5.91 Å². The number of thiazole rings is 1. The Morgan fingerprint density at radius 1 is 1.48 bits per heavy atom. The van der Waals surface area contributed by atoms with E-state index in [2.05, 4.69) is 15.6 Å². The zero-order valence-corrected chi connectivity index (χ0v) is 12.8. The number of carbonyl (C=O) groups excluding carboxylic acids is 1. The van der Waals surface area contributed by atoms with Crippen LogP contribution in [0.2, 0.25) is 0 Å². The molecule has 2 heterocycles. The lowest BCUT2D eigenvalue weighted by atomic mass is 10.00. The predicted molar refractivity (Wildman–Crippen MR) is 85.0 cm³/mol. The molecule has 0 bridgehead atoms. The normalized spacial score (nSPS) is 16.7. The van der Waals surface area contributed by atoms with Crippen LogP contribution in [0.5, 0.6) is 0 Å². The van der Waals surface area contributed by atoms with Gasteiger partial charge in [-0.15, -0.1) is 11.3 Å². The number of aromatic nitrogens is 1. The van der Waals surface area contributed by atoms with Gasteiger partial charge in [0.15, 0.2) is 5.13 Å². The van der Waals surface area contributed by atoms with E-state index in [-0.39, 0.29) is 11.8 Å². The van der Waals surface area contributed by atoms with E-state index < -0.39 is 0 Å². The zero-order chi connectivity index (χ0) is 14.8. The molecule has 5 nitrogen and oxygen atoms in total. The van der Waals surface area contributed by atoms with Gasteiger partial charge in [0.25, 0.3) is 0 Å². The van der Waals surface area contributed by atoms with Crippen LogP contribution in [0, 0.1) is 0 Å². The van der Waals surface area contributed by atoms with Gasteiger partial charge in [0, 0.05) is 30.3 Å². The van der Waals surface area contributed by atoms with E-state index in [0.29, 0.717) is 6.61 Å². The molecule has 0 radical (unpaired) electrons. The van der Waals surface area contributed by atoms with E-state index in [9.17, 15) is 4.79 Å². The monoisotopic (exact) mass is 303 g/mol. The number of ether oxygens (including phenoxy) is 1. The van der Waals surface area contributed by atoms with Crippen LogP contribution >= 0.6 is 11.3 Å². The van der Waals surface area contributed by atoms with Crippen molar-refractivity contribution in [1.82, 2.24) is 4.98 Å². The topological polar surface area (TPSA) is 63.2 Å². The minimum atomic E-state index is -0.0992. The smallest absolute Gasteiger partial charge is 0.231 e. The SMILES string of the molecule is COCCNc1nc(-c2ccc3c(c2)[C@@H](C)C(=O)N3)cs1. The van der Waals surface area contributed by atoms with Crippen molar-refractivity contribution in [3.05, 3.63) is 29.1 Å². The summed E-state index contributed by atoms with van der Waals surface area (Å²) < 4.78 is 5.00. The van der Waals surface area contributed by atoms with Crippen LogP contribution in [-0.4, -0.2) is 31.2 Å². The molecule has 2 N–H and O–H groups in total. The van der Waals surface area contributed by atoms with Crippen LogP contribution in [0.1, 0.15) is 18.4 Å². The Kier molecular flexibility index (Phi) is 3.90. The molecule has 0 fully saturated rings. The second-order valence-corrected chi connectivity index (χ2v) is 5.83. The van der Waals surface area contributed by atoms with Crippen molar-refractivity contribution in [2.24, 2.45) is 0 Å². The van der Waals surface area contributed by atoms with E-state index in [1.54, 1.807) is 18.4 Å². The molecule has 6 heteroatoms. The molecule has 3 rings (SSSR count). The number of methoxy groups -OCH3 is 1. The third-order valence-electron chi connectivity index (χ3n) is 3.55. The van der Waals surface area contributed by atoms with Gasteiger partial charge < -0.3 is 15.4 Å². The second-order valence-electron chi connectivity index (χ2n) is 4.97. The van der Waals surface area contributed by atoms with E-state index in [1.807, 2.05) is 30.5 Å². The van der Waals surface area contributed by atoms with Crippen LogP contribution in [0.15, 0.2) is 23.6 Å². The van der Waals surface area contributed by atoms with Gasteiger partial charge in [-0.1, -0.05) is 6.07 Å². The summed E-state index contributed by atoms with van der Waals surface area (Å²) in [5, 5.41) is 9.00. The fraction of sp³-hybridized carbons (Fsp3) is 0.333. The van der Waals surface area contributed by atoms with E-state index in [0.717, 1.165) is 34.2 Å². The first-order valence-corrected chi connectivity index (χ1v) is 7.70. The van der Waals surface area contributed by atoms with Crippen molar-refractivity contribution in [2.45, 2.75) is 12.8 Å². The largest absolute Gasteiger partial charge is 0.383 e. The number of hydrogen-bond donors (Lipinski definition) is 2. The Balaban J connectivity index is 1.80. The summed E-state index contributed by atoms with van der Waals surface area (Å²) in [5.41, 5.74) is 3.91. The van der Waals surface area contributed by atoms with E-state index >= 15 is 0 Å². The van der Waals surface area contributed by atoms with E-state index in [1.165, 1.54) is 0 Å². The van der Waals surface area contributed by atoms with E-state index in [4.69, 9.17) is 4.74 Å². The number of benzene rings is 1. The molecule has 1 aromatic carbocycles. The van der Waals surface area contributed by atoms with Crippen molar-refractivity contribution >= 4 is 28.1 Å². The molecular formula is C15H17N3O2S. The van der Waals surface area contributed by atoms with Crippen LogP contribution in [-0.2, 0) is 9.53 Å². The average Bonchev–Trinajstić information content (AvgIpc) is 3.05. The first-order valence-electron chi connectivity index (χ1n) is 6.82. The van der Waals surface area contributed by atoms with Crippen molar-refractivity contribution in [3.63, 3.8) is 0 Å². The fourth-order valence-corrected chi connectivity index (χ4v) is 3.07. The van der Waals surface area contributed by atoms with Crippen molar-refractivity contribution in [3.8, 4) is 11.3 Å². The maximum absolute atomic E-state index is 11.7. The van der Waals surface area contributed by atoms with Gasteiger partial charge in [-0.3, -0.25) is 4.79 Å². The van der Waals surface area contributed by atoms with Crippen molar-refractivity contribution in [2.75, 3.05) is 30.9 Å². The molecule has 110 valence electrons. The Labute approximate surface area is 127 Å². The summed E-state index contributed by atoms with van der Waals surface area (Å²) >= 11 is 1.57. The molecule has 0 spiro atoms. The fourth-order valence-electron chi connectivity index (χ4n) is 2.32. The number of hydrogen-bond acceptors (Lipinski definition) is 5. The maximum atomic E-state index is 11.7. The lowest BCUT2D eigenvalue weighted by Crippen LogP contribution is -2.08. The molecule has 0 unspecified atom stereocenters. The van der Waals surface area contributed by atoms with Crippen LogP contribution in [0.25, 0.3) is 11.3 Å². The lowest BCUT2D eigenvalue weighted by Gasteiger charge is -2.04.